The molecule has 0 bridgehead atoms. The monoisotopic (exact) mass is 708 g/mol. The third-order valence-electron chi connectivity index (χ3n) is 6.53. The van der Waals surface area contributed by atoms with Crippen LogP contribution in [0.15, 0.2) is 76.4 Å². The fourth-order valence-corrected chi connectivity index (χ4v) is 8.15. The molecule has 1 aliphatic heterocycles. The minimum Gasteiger partial charge on any atom is -0.387 e. The molecule has 1 aliphatic rings. The zero-order valence-electron chi connectivity index (χ0n) is 23.9. The maximum atomic E-state index is 13.1. The third kappa shape index (κ3) is 9.25. The highest BCUT2D eigenvalue weighted by atomic mass is 31.3. The highest BCUT2D eigenvalue weighted by molar-refractivity contribution is 7.66. The van der Waals surface area contributed by atoms with Crippen molar-refractivity contribution in [2.75, 3.05) is 26.9 Å². The van der Waals surface area contributed by atoms with Crippen LogP contribution in [0.1, 0.15) is 28.8 Å². The van der Waals surface area contributed by atoms with Crippen LogP contribution in [-0.4, -0.2) is 79.7 Å². The van der Waals surface area contributed by atoms with Crippen LogP contribution in [0, 0.1) is 0 Å². The van der Waals surface area contributed by atoms with Gasteiger partial charge in [0.2, 0.25) is 0 Å². The maximum absolute atomic E-state index is 13.1. The van der Waals surface area contributed by atoms with Gasteiger partial charge < -0.3 is 34.4 Å². The highest BCUT2D eigenvalue weighted by Crippen LogP contribution is 2.68. The fourth-order valence-electron chi connectivity index (χ4n) is 4.59. The molecule has 18 nitrogen and oxygen atoms in total. The largest absolute Gasteiger partial charge is 0.490 e. The molecule has 4 rings (SSSR count). The van der Waals surface area contributed by atoms with Gasteiger partial charge in [0.25, 0.3) is 5.56 Å². The summed E-state index contributed by atoms with van der Waals surface area (Å²) in [5, 5.41) is 21.5. The average molecular weight is 708 g/mol. The Kier molecular flexibility index (Phi) is 11.9. The quantitative estimate of drug-likeness (QED) is 0.0961. The minimum atomic E-state index is -5.76. The number of H-pyrrole nitrogens is 1. The molecule has 2 unspecified atom stereocenters. The van der Waals surface area contributed by atoms with E-state index in [-0.39, 0.29) is 12.2 Å². The van der Waals surface area contributed by atoms with E-state index < -0.39 is 78.4 Å². The standard InChI is InChI=1S/C25H31N2O16P3/c1-38-12-13-39-46(37,43-45(35,36)42-44(32,33)34)40-15-19-21(28)22(29)24(41-19)27-14-18(23(30)26-25(27)31)20(16-8-4-2-5-9-16)17-10-6-3-7-11-17/h2-11,14,19-22,24,28-29H,12-13,15H2,1H3,(H,35,36)(H,26,30,31)(H2,32,33,34)/t19-,21-,22-,24-,46?/m1/s1. The second kappa shape index (κ2) is 15.1. The van der Waals surface area contributed by atoms with E-state index in [1.165, 1.54) is 13.3 Å². The van der Waals surface area contributed by atoms with Crippen LogP contribution in [-0.2, 0) is 40.8 Å². The first kappa shape index (κ1) is 36.2. The van der Waals surface area contributed by atoms with Gasteiger partial charge in [0.1, 0.15) is 18.3 Å². The van der Waals surface area contributed by atoms with Crippen LogP contribution in [0.25, 0.3) is 0 Å². The van der Waals surface area contributed by atoms with Crippen LogP contribution in [0.3, 0.4) is 0 Å². The summed E-state index contributed by atoms with van der Waals surface area (Å²) in [5.74, 6) is -0.669. The SMILES string of the molecule is COCCOP(=O)(OC[C@H]1O[C@@H](n2cc(C(c3ccccc3)c3ccccc3)c(=O)[nH]c2=O)[C@H](O)[C@@H]1O)OP(=O)(O)OP(=O)(O)O. The molecule has 21 heteroatoms. The van der Waals surface area contributed by atoms with Gasteiger partial charge in [-0.2, -0.15) is 8.62 Å². The molecule has 252 valence electrons. The summed E-state index contributed by atoms with van der Waals surface area (Å²) in [5.41, 5.74) is -0.216. The number of phosphoric ester groups is 1. The second-order valence-electron chi connectivity index (χ2n) is 9.74. The predicted octanol–water partition coefficient (Wildman–Crippen LogP) is 1.35. The number of nitrogens with zero attached hydrogens (tertiary/aromatic N) is 1. The lowest BCUT2D eigenvalue weighted by atomic mass is 9.86. The number of aromatic nitrogens is 2. The molecule has 3 aromatic rings. The first-order valence-corrected chi connectivity index (χ1v) is 17.8. The van der Waals surface area contributed by atoms with Crippen molar-refractivity contribution in [3.8, 4) is 0 Å². The van der Waals surface area contributed by atoms with E-state index in [9.17, 15) is 38.4 Å². The first-order chi connectivity index (χ1) is 21.6. The lowest BCUT2D eigenvalue weighted by Crippen LogP contribution is -2.39. The van der Waals surface area contributed by atoms with E-state index in [4.69, 9.17) is 28.3 Å². The summed E-state index contributed by atoms with van der Waals surface area (Å²) in [6, 6.07) is 17.8. The fraction of sp³-hybridized carbons (Fsp3) is 0.360. The van der Waals surface area contributed by atoms with Gasteiger partial charge in [-0.15, -0.1) is 0 Å². The van der Waals surface area contributed by atoms with Crippen molar-refractivity contribution in [2.24, 2.45) is 0 Å². The molecular formula is C25H31N2O16P3. The maximum Gasteiger partial charge on any atom is 0.490 e. The van der Waals surface area contributed by atoms with Gasteiger partial charge in [-0.05, 0) is 11.1 Å². The molecule has 6 N–H and O–H groups in total. The molecule has 0 saturated carbocycles. The molecule has 2 heterocycles. The van der Waals surface area contributed by atoms with Crippen molar-refractivity contribution in [1.82, 2.24) is 9.55 Å². The summed E-state index contributed by atoms with van der Waals surface area (Å²) in [4.78, 5) is 55.6. The predicted molar refractivity (Wildman–Crippen MR) is 157 cm³/mol. The Morgan fingerprint density at radius 1 is 0.870 bits per heavy atom. The number of hydrogen-bond acceptors (Lipinski definition) is 13. The van der Waals surface area contributed by atoms with Crippen LogP contribution >= 0.6 is 23.5 Å². The number of benzene rings is 2. The van der Waals surface area contributed by atoms with Crippen molar-refractivity contribution in [2.45, 2.75) is 30.5 Å². The molecular weight excluding hydrogens is 677 g/mol. The van der Waals surface area contributed by atoms with Gasteiger partial charge >= 0.3 is 29.2 Å². The smallest absolute Gasteiger partial charge is 0.387 e. The van der Waals surface area contributed by atoms with Gasteiger partial charge in [-0.25, -0.2) is 18.5 Å². The van der Waals surface area contributed by atoms with Gasteiger partial charge in [-0.1, -0.05) is 60.7 Å². The Morgan fingerprint density at radius 3 is 2.00 bits per heavy atom. The third-order valence-corrected chi connectivity index (χ3v) is 10.8. The zero-order chi connectivity index (χ0) is 33.7. The van der Waals surface area contributed by atoms with Crippen LogP contribution < -0.4 is 11.2 Å². The molecule has 1 saturated heterocycles. The number of nitrogens with one attached hydrogen (secondary N) is 1. The van der Waals surface area contributed by atoms with E-state index in [0.29, 0.717) is 11.1 Å². The number of aromatic amines is 1. The van der Waals surface area contributed by atoms with E-state index in [0.717, 1.165) is 4.57 Å². The molecule has 1 fully saturated rings. The van der Waals surface area contributed by atoms with Crippen LogP contribution in [0.4, 0.5) is 0 Å². The number of hydrogen-bond donors (Lipinski definition) is 6. The molecule has 1 aromatic heterocycles. The summed E-state index contributed by atoms with van der Waals surface area (Å²) >= 11 is 0. The van der Waals surface area contributed by atoms with Crippen LogP contribution in [0.2, 0.25) is 0 Å². The highest BCUT2D eigenvalue weighted by Gasteiger charge is 2.48. The Labute approximate surface area is 260 Å². The van der Waals surface area contributed by atoms with Crippen molar-refractivity contribution in [3.63, 3.8) is 0 Å². The Morgan fingerprint density at radius 2 is 1.46 bits per heavy atom. The Hall–Kier alpha value is -2.63. The summed E-state index contributed by atoms with van der Waals surface area (Å²) in [6.45, 7) is -1.78. The summed E-state index contributed by atoms with van der Waals surface area (Å²) in [6.07, 6.45) is -5.70. The second-order valence-corrected chi connectivity index (χ2v) is 14.4. The van der Waals surface area contributed by atoms with Crippen molar-refractivity contribution < 1.29 is 65.7 Å². The van der Waals surface area contributed by atoms with Gasteiger partial charge in [0, 0.05) is 24.8 Å². The zero-order valence-corrected chi connectivity index (χ0v) is 26.6. The van der Waals surface area contributed by atoms with Crippen LogP contribution in [0.5, 0.6) is 0 Å². The number of phosphoric acid groups is 3. The molecule has 0 amide bonds. The van der Waals surface area contributed by atoms with Gasteiger partial charge in [0.15, 0.2) is 6.23 Å². The number of aliphatic hydroxyl groups excluding tert-OH is 2. The number of ether oxygens (including phenoxy) is 2. The van der Waals surface area contributed by atoms with Crippen molar-refractivity contribution in [1.29, 1.82) is 0 Å². The normalized spacial score (nSPS) is 22.8. The molecule has 0 radical (unpaired) electrons. The number of aliphatic hydroxyl groups is 2. The lowest BCUT2D eigenvalue weighted by molar-refractivity contribution is -0.0555. The number of methoxy groups -OCH3 is 1. The Bertz CT molecular complexity index is 1690. The van der Waals surface area contributed by atoms with Crippen molar-refractivity contribution in [3.05, 3.63) is 104 Å². The summed E-state index contributed by atoms with van der Waals surface area (Å²) < 4.78 is 65.1. The van der Waals surface area contributed by atoms with E-state index in [1.54, 1.807) is 60.7 Å². The van der Waals surface area contributed by atoms with E-state index in [2.05, 4.69) is 13.6 Å². The molecule has 0 spiro atoms. The van der Waals surface area contributed by atoms with E-state index in [1.807, 2.05) is 0 Å². The average Bonchev–Trinajstić information content (AvgIpc) is 3.26. The molecule has 6 atom stereocenters. The molecule has 0 aliphatic carbocycles. The number of rotatable bonds is 15. The first-order valence-electron chi connectivity index (χ1n) is 13.3. The van der Waals surface area contributed by atoms with E-state index >= 15 is 0 Å². The van der Waals surface area contributed by atoms with Crippen molar-refractivity contribution >= 4 is 23.5 Å². The lowest BCUT2D eigenvalue weighted by Gasteiger charge is -2.23. The summed E-state index contributed by atoms with van der Waals surface area (Å²) in [7, 11) is -15.3. The topological polar surface area (TPSA) is 263 Å². The molecule has 46 heavy (non-hydrogen) atoms. The Balaban J connectivity index is 1.61. The van der Waals surface area contributed by atoms with Gasteiger partial charge in [-0.3, -0.25) is 23.4 Å². The minimum absolute atomic E-state index is 0.0928. The van der Waals surface area contributed by atoms with Gasteiger partial charge in [0.05, 0.1) is 19.8 Å². The molecule has 2 aromatic carbocycles.